The SMILES string of the molecule is CCNC(=NCC(C)CN1CCN(C)CC1)NCCOCCC(C)C. The van der Waals surface area contributed by atoms with Crippen LogP contribution < -0.4 is 10.6 Å². The van der Waals surface area contributed by atoms with Crippen LogP contribution in [0.1, 0.15) is 34.1 Å². The molecule has 1 atom stereocenters. The van der Waals surface area contributed by atoms with E-state index < -0.39 is 0 Å². The van der Waals surface area contributed by atoms with Crippen molar-refractivity contribution < 1.29 is 4.74 Å². The van der Waals surface area contributed by atoms with Gasteiger partial charge in [-0.25, -0.2) is 0 Å². The minimum atomic E-state index is 0.571. The number of nitrogens with one attached hydrogen (secondary N) is 2. The van der Waals surface area contributed by atoms with E-state index in [9.17, 15) is 0 Å². The molecule has 0 radical (unpaired) electrons. The second kappa shape index (κ2) is 13.4. The number of likely N-dealkylation sites (N-methyl/N-ethyl adjacent to an activating group) is 1. The second-order valence-electron chi connectivity index (χ2n) is 7.65. The summed E-state index contributed by atoms with van der Waals surface area (Å²) in [5.74, 6) is 2.18. The van der Waals surface area contributed by atoms with E-state index in [0.717, 1.165) is 51.8 Å². The molecule has 0 bridgehead atoms. The molecule has 1 aliphatic heterocycles. The van der Waals surface area contributed by atoms with Gasteiger partial charge >= 0.3 is 0 Å². The minimum absolute atomic E-state index is 0.571. The number of ether oxygens (including phenoxy) is 1. The Morgan fingerprint density at radius 2 is 1.80 bits per heavy atom. The average Bonchev–Trinajstić information content (AvgIpc) is 2.57. The van der Waals surface area contributed by atoms with Crippen LogP contribution in [-0.4, -0.2) is 88.4 Å². The van der Waals surface area contributed by atoms with E-state index in [0.29, 0.717) is 11.8 Å². The Morgan fingerprint density at radius 3 is 2.44 bits per heavy atom. The highest BCUT2D eigenvalue weighted by Crippen LogP contribution is 2.05. The highest BCUT2D eigenvalue weighted by Gasteiger charge is 2.15. The largest absolute Gasteiger partial charge is 0.380 e. The van der Waals surface area contributed by atoms with Gasteiger partial charge in [-0.2, -0.15) is 0 Å². The second-order valence-corrected chi connectivity index (χ2v) is 7.65. The number of piperazine rings is 1. The van der Waals surface area contributed by atoms with E-state index in [-0.39, 0.29) is 0 Å². The van der Waals surface area contributed by atoms with Gasteiger partial charge in [-0.1, -0.05) is 20.8 Å². The van der Waals surface area contributed by atoms with Crippen molar-refractivity contribution in [2.45, 2.75) is 34.1 Å². The molecule has 0 saturated carbocycles. The van der Waals surface area contributed by atoms with Crippen molar-refractivity contribution in [3.05, 3.63) is 0 Å². The Bertz CT molecular complexity index is 354. The van der Waals surface area contributed by atoms with Crippen molar-refractivity contribution in [2.75, 3.05) is 72.6 Å². The van der Waals surface area contributed by atoms with Gasteiger partial charge in [0, 0.05) is 59.0 Å². The van der Waals surface area contributed by atoms with Gasteiger partial charge in [0.25, 0.3) is 0 Å². The average molecular weight is 356 g/mol. The molecule has 148 valence electrons. The summed E-state index contributed by atoms with van der Waals surface area (Å²) in [4.78, 5) is 9.70. The van der Waals surface area contributed by atoms with Crippen LogP contribution in [-0.2, 0) is 4.74 Å². The van der Waals surface area contributed by atoms with Gasteiger partial charge in [-0.15, -0.1) is 0 Å². The maximum Gasteiger partial charge on any atom is 0.191 e. The Balaban J connectivity index is 2.21. The van der Waals surface area contributed by atoms with Crippen LogP contribution in [0.25, 0.3) is 0 Å². The molecular formula is C19H41N5O. The number of rotatable bonds is 11. The molecule has 0 aliphatic carbocycles. The van der Waals surface area contributed by atoms with Crippen LogP contribution >= 0.6 is 0 Å². The summed E-state index contributed by atoms with van der Waals surface area (Å²) >= 11 is 0. The van der Waals surface area contributed by atoms with Gasteiger partial charge in [0.2, 0.25) is 0 Å². The molecule has 25 heavy (non-hydrogen) atoms. The number of guanidine groups is 1. The quantitative estimate of drug-likeness (QED) is 0.334. The predicted octanol–water partition coefficient (Wildman–Crippen LogP) is 1.49. The Hall–Kier alpha value is -0.850. The van der Waals surface area contributed by atoms with Crippen LogP contribution in [0.4, 0.5) is 0 Å². The summed E-state index contributed by atoms with van der Waals surface area (Å²) < 4.78 is 5.65. The van der Waals surface area contributed by atoms with E-state index in [2.05, 4.69) is 55.2 Å². The Kier molecular flexibility index (Phi) is 11.9. The fourth-order valence-electron chi connectivity index (χ4n) is 2.78. The molecule has 1 unspecified atom stereocenters. The summed E-state index contributed by atoms with van der Waals surface area (Å²) in [5, 5.41) is 6.69. The standard InChI is InChI=1S/C19H41N5O/c1-6-20-19(21-8-14-25-13-7-17(2)3)22-15-18(4)16-24-11-9-23(5)10-12-24/h17-18H,6-16H2,1-5H3,(H2,20,21,22). The Morgan fingerprint density at radius 1 is 1.08 bits per heavy atom. The normalized spacial score (nSPS) is 18.6. The molecule has 0 aromatic rings. The van der Waals surface area contributed by atoms with Gasteiger partial charge in [0.1, 0.15) is 0 Å². The fraction of sp³-hybridized carbons (Fsp3) is 0.947. The molecule has 1 rings (SSSR count). The zero-order chi connectivity index (χ0) is 18.5. The molecule has 1 fully saturated rings. The zero-order valence-corrected chi connectivity index (χ0v) is 17.2. The molecular weight excluding hydrogens is 314 g/mol. The van der Waals surface area contributed by atoms with E-state index in [1.54, 1.807) is 0 Å². The van der Waals surface area contributed by atoms with E-state index in [1.165, 1.54) is 26.2 Å². The predicted molar refractivity (Wildman–Crippen MR) is 107 cm³/mol. The van der Waals surface area contributed by atoms with E-state index in [4.69, 9.17) is 9.73 Å². The van der Waals surface area contributed by atoms with Crippen molar-refractivity contribution in [2.24, 2.45) is 16.8 Å². The summed E-state index contributed by atoms with van der Waals surface area (Å²) in [7, 11) is 2.20. The third kappa shape index (κ3) is 11.4. The lowest BCUT2D eigenvalue weighted by molar-refractivity contribution is 0.128. The fourth-order valence-corrected chi connectivity index (χ4v) is 2.78. The van der Waals surface area contributed by atoms with Crippen molar-refractivity contribution in [1.82, 2.24) is 20.4 Å². The minimum Gasteiger partial charge on any atom is -0.380 e. The third-order valence-corrected chi connectivity index (χ3v) is 4.45. The van der Waals surface area contributed by atoms with E-state index in [1.807, 2.05) is 0 Å². The van der Waals surface area contributed by atoms with Crippen molar-refractivity contribution in [3.63, 3.8) is 0 Å². The molecule has 0 amide bonds. The van der Waals surface area contributed by atoms with Gasteiger partial charge in [-0.3, -0.25) is 4.99 Å². The van der Waals surface area contributed by atoms with Crippen LogP contribution in [0.3, 0.4) is 0 Å². The molecule has 2 N–H and O–H groups in total. The van der Waals surface area contributed by atoms with Crippen molar-refractivity contribution >= 4 is 5.96 Å². The summed E-state index contributed by atoms with van der Waals surface area (Å²) in [6.45, 7) is 18.8. The maximum atomic E-state index is 5.65. The van der Waals surface area contributed by atoms with Crippen LogP contribution in [0.15, 0.2) is 4.99 Å². The summed E-state index contributed by atoms with van der Waals surface area (Å²) in [5.41, 5.74) is 0. The number of nitrogens with zero attached hydrogens (tertiary/aromatic N) is 3. The molecule has 0 aromatic heterocycles. The first-order valence-electron chi connectivity index (χ1n) is 10.0. The molecule has 6 nitrogen and oxygen atoms in total. The zero-order valence-electron chi connectivity index (χ0n) is 17.2. The molecule has 6 heteroatoms. The first-order chi connectivity index (χ1) is 12.0. The first-order valence-corrected chi connectivity index (χ1v) is 10.0. The number of hydrogen-bond donors (Lipinski definition) is 2. The molecule has 1 saturated heterocycles. The number of aliphatic imine (C=N–C) groups is 1. The molecule has 1 heterocycles. The highest BCUT2D eigenvalue weighted by molar-refractivity contribution is 5.79. The van der Waals surface area contributed by atoms with Gasteiger partial charge in [0.05, 0.1) is 6.61 Å². The van der Waals surface area contributed by atoms with Gasteiger partial charge < -0.3 is 25.2 Å². The summed E-state index contributed by atoms with van der Waals surface area (Å²) in [6.07, 6.45) is 1.12. The third-order valence-electron chi connectivity index (χ3n) is 4.45. The van der Waals surface area contributed by atoms with Crippen LogP contribution in [0, 0.1) is 11.8 Å². The van der Waals surface area contributed by atoms with Crippen molar-refractivity contribution in [1.29, 1.82) is 0 Å². The van der Waals surface area contributed by atoms with Crippen LogP contribution in [0.2, 0.25) is 0 Å². The number of hydrogen-bond acceptors (Lipinski definition) is 4. The molecule has 0 aromatic carbocycles. The molecule has 1 aliphatic rings. The van der Waals surface area contributed by atoms with Crippen LogP contribution in [0.5, 0.6) is 0 Å². The summed E-state index contributed by atoms with van der Waals surface area (Å²) in [6, 6.07) is 0. The Labute approximate surface area is 155 Å². The maximum absolute atomic E-state index is 5.65. The first kappa shape index (κ1) is 22.2. The van der Waals surface area contributed by atoms with Crippen molar-refractivity contribution in [3.8, 4) is 0 Å². The van der Waals surface area contributed by atoms with Gasteiger partial charge in [-0.05, 0) is 32.2 Å². The van der Waals surface area contributed by atoms with Gasteiger partial charge in [0.15, 0.2) is 5.96 Å². The lowest BCUT2D eigenvalue weighted by Gasteiger charge is -2.33. The lowest BCUT2D eigenvalue weighted by Crippen LogP contribution is -2.46. The smallest absolute Gasteiger partial charge is 0.191 e. The van der Waals surface area contributed by atoms with E-state index >= 15 is 0 Å². The highest BCUT2D eigenvalue weighted by atomic mass is 16.5. The monoisotopic (exact) mass is 355 g/mol. The molecule has 0 spiro atoms. The topological polar surface area (TPSA) is 52.1 Å². The lowest BCUT2D eigenvalue weighted by atomic mass is 10.1.